The molecule has 0 unspecified atom stereocenters. The number of nitrogens with one attached hydrogen (secondary N) is 2. The highest BCUT2D eigenvalue weighted by Gasteiger charge is 2.28. The molecule has 0 fully saturated rings. The van der Waals surface area contributed by atoms with Crippen LogP contribution in [0.5, 0.6) is 5.75 Å². The van der Waals surface area contributed by atoms with Crippen molar-refractivity contribution in [3.05, 3.63) is 71.1 Å². The Morgan fingerprint density at radius 3 is 2.36 bits per heavy atom. The summed E-state index contributed by atoms with van der Waals surface area (Å²) in [5, 5.41) is 16.6. The van der Waals surface area contributed by atoms with Gasteiger partial charge in [-0.25, -0.2) is 0 Å². The van der Waals surface area contributed by atoms with Crippen LogP contribution in [-0.4, -0.2) is 35.8 Å². The van der Waals surface area contributed by atoms with E-state index in [4.69, 9.17) is 0 Å². The van der Waals surface area contributed by atoms with Crippen LogP contribution < -0.4 is 10.6 Å². The summed E-state index contributed by atoms with van der Waals surface area (Å²) >= 11 is 0. The molecule has 1 amide bonds. The van der Waals surface area contributed by atoms with E-state index in [0.717, 1.165) is 11.3 Å². The van der Waals surface area contributed by atoms with Crippen LogP contribution in [0.2, 0.25) is 0 Å². The molecule has 0 saturated carbocycles. The summed E-state index contributed by atoms with van der Waals surface area (Å²) in [5.41, 5.74) is 2.85. The van der Waals surface area contributed by atoms with Crippen molar-refractivity contribution in [2.45, 2.75) is 26.8 Å². The van der Waals surface area contributed by atoms with E-state index in [-0.39, 0.29) is 23.0 Å². The van der Waals surface area contributed by atoms with Crippen molar-refractivity contribution in [3.8, 4) is 5.75 Å². The predicted octanol–water partition coefficient (Wildman–Crippen LogP) is 3.51. The second-order valence-corrected chi connectivity index (χ2v) is 6.32. The van der Waals surface area contributed by atoms with Crippen LogP contribution in [-0.2, 0) is 11.3 Å². The highest BCUT2D eigenvalue weighted by molar-refractivity contribution is 6.07. The van der Waals surface area contributed by atoms with Crippen molar-refractivity contribution in [2.24, 2.45) is 0 Å². The van der Waals surface area contributed by atoms with Crippen molar-refractivity contribution >= 4 is 17.4 Å². The number of hydrogen-bond acceptors (Lipinski definition) is 5. The Hall–Kier alpha value is -3.28. The summed E-state index contributed by atoms with van der Waals surface area (Å²) in [4.78, 5) is 25.5. The number of benzene rings is 2. The molecule has 3 rings (SSSR count). The largest absolute Gasteiger partial charge is 0.505 e. The first-order valence-corrected chi connectivity index (χ1v) is 9.32. The van der Waals surface area contributed by atoms with Gasteiger partial charge >= 0.3 is 0 Å². The van der Waals surface area contributed by atoms with Gasteiger partial charge in [0.1, 0.15) is 5.70 Å². The number of anilines is 1. The number of para-hydroxylation sites is 1. The van der Waals surface area contributed by atoms with Crippen molar-refractivity contribution in [3.63, 3.8) is 0 Å². The number of hydrogen-bond donors (Lipinski definition) is 3. The molecule has 0 bridgehead atoms. The highest BCUT2D eigenvalue weighted by atomic mass is 16.3. The van der Waals surface area contributed by atoms with E-state index in [1.807, 2.05) is 44.2 Å². The molecule has 1 aliphatic rings. The third-order valence-corrected chi connectivity index (χ3v) is 4.20. The highest BCUT2D eigenvalue weighted by Crippen LogP contribution is 2.32. The fourth-order valence-electron chi connectivity index (χ4n) is 2.69. The molecular weight excluding hydrogens is 354 g/mol. The normalized spacial score (nSPS) is 12.5. The molecule has 148 valence electrons. The minimum atomic E-state index is -0.303. The lowest BCUT2D eigenvalue weighted by atomic mass is 9.98. The van der Waals surface area contributed by atoms with E-state index in [1.165, 1.54) is 4.90 Å². The van der Waals surface area contributed by atoms with Gasteiger partial charge in [-0.3, -0.25) is 9.59 Å². The van der Waals surface area contributed by atoms with Crippen LogP contribution in [0.4, 0.5) is 5.69 Å². The van der Waals surface area contributed by atoms with E-state index >= 15 is 0 Å². The lowest BCUT2D eigenvalue weighted by Crippen LogP contribution is -2.32. The third kappa shape index (κ3) is 4.71. The number of aromatic hydroxyl groups is 1. The number of allylic oxidation sites excluding steroid dienone is 2. The van der Waals surface area contributed by atoms with Gasteiger partial charge in [-0.2, -0.15) is 0 Å². The van der Waals surface area contributed by atoms with Crippen molar-refractivity contribution in [1.82, 2.24) is 10.2 Å². The minimum Gasteiger partial charge on any atom is -0.505 e. The summed E-state index contributed by atoms with van der Waals surface area (Å²) in [6.45, 7) is 4.61. The number of phenolic OH excluding ortho intramolecular Hbond substituents is 1. The van der Waals surface area contributed by atoms with Crippen LogP contribution in [0.1, 0.15) is 36.2 Å². The van der Waals surface area contributed by atoms with E-state index in [9.17, 15) is 14.7 Å². The van der Waals surface area contributed by atoms with Gasteiger partial charge in [0.05, 0.1) is 17.7 Å². The second kappa shape index (κ2) is 9.60. The summed E-state index contributed by atoms with van der Waals surface area (Å²) in [6.07, 6.45) is 0.326. The zero-order valence-corrected chi connectivity index (χ0v) is 16.7. The SMILES string of the molecule is CC.CN(C)C(=O)c1cccc(NC2=C(NCc3ccccc3)CC2=O)c1O. The maximum atomic E-state index is 12.1. The molecule has 2 aromatic rings. The average molecular weight is 381 g/mol. The van der Waals surface area contributed by atoms with E-state index in [0.29, 0.717) is 24.4 Å². The summed E-state index contributed by atoms with van der Waals surface area (Å²) in [5.74, 6) is -0.507. The molecule has 1 aliphatic carbocycles. The Labute approximate surface area is 165 Å². The Bertz CT molecular complexity index is 874. The lowest BCUT2D eigenvalue weighted by molar-refractivity contribution is -0.116. The number of carbonyl (C=O) groups excluding carboxylic acids is 2. The first-order valence-electron chi connectivity index (χ1n) is 9.32. The summed E-state index contributed by atoms with van der Waals surface area (Å²) in [6, 6.07) is 14.7. The van der Waals surface area contributed by atoms with Crippen LogP contribution in [0.3, 0.4) is 0 Å². The molecule has 0 aliphatic heterocycles. The van der Waals surface area contributed by atoms with Gasteiger partial charge in [-0.1, -0.05) is 50.2 Å². The van der Waals surface area contributed by atoms with E-state index in [2.05, 4.69) is 10.6 Å². The fourth-order valence-corrected chi connectivity index (χ4v) is 2.69. The first kappa shape index (κ1) is 21.0. The van der Waals surface area contributed by atoms with Gasteiger partial charge in [0.25, 0.3) is 5.91 Å². The van der Waals surface area contributed by atoms with E-state index < -0.39 is 0 Å². The smallest absolute Gasteiger partial charge is 0.257 e. The van der Waals surface area contributed by atoms with Gasteiger partial charge in [0.15, 0.2) is 11.5 Å². The standard InChI is InChI=1S/C20H21N3O3.C2H6/c1-23(2)20(26)14-9-6-10-15(19(14)25)22-18-16(11-17(18)24)21-12-13-7-4-3-5-8-13;1-2/h3-10,21-22,25H,11-12H2,1-2H3;1-2H3. The fraction of sp³-hybridized carbons (Fsp3) is 0.273. The monoisotopic (exact) mass is 381 g/mol. The van der Waals surface area contributed by atoms with Crippen molar-refractivity contribution < 1.29 is 14.7 Å². The molecule has 28 heavy (non-hydrogen) atoms. The average Bonchev–Trinajstić information content (AvgIpc) is 2.71. The predicted molar refractivity (Wildman–Crippen MR) is 111 cm³/mol. The van der Waals surface area contributed by atoms with Crippen LogP contribution in [0, 0.1) is 0 Å². The Morgan fingerprint density at radius 1 is 1.07 bits per heavy atom. The van der Waals surface area contributed by atoms with E-state index in [1.54, 1.807) is 32.3 Å². The molecule has 0 aromatic heterocycles. The van der Waals surface area contributed by atoms with Gasteiger partial charge in [0, 0.05) is 26.3 Å². The molecular formula is C22H27N3O3. The number of amides is 1. The number of ketones is 1. The Morgan fingerprint density at radius 2 is 1.75 bits per heavy atom. The second-order valence-electron chi connectivity index (χ2n) is 6.32. The van der Waals surface area contributed by atoms with Gasteiger partial charge < -0.3 is 20.6 Å². The number of Topliss-reactive ketones (excluding diaryl/α,β-unsaturated/α-hetero) is 1. The molecule has 0 radical (unpaired) electrons. The molecule has 3 N–H and O–H groups in total. The molecule has 0 saturated heterocycles. The zero-order chi connectivity index (χ0) is 20.7. The topological polar surface area (TPSA) is 81.7 Å². The maximum Gasteiger partial charge on any atom is 0.257 e. The van der Waals surface area contributed by atoms with Crippen LogP contribution in [0.25, 0.3) is 0 Å². The minimum absolute atomic E-state index is 0.0377. The Kier molecular flexibility index (Phi) is 7.21. The van der Waals surface area contributed by atoms with Crippen molar-refractivity contribution in [2.75, 3.05) is 19.4 Å². The van der Waals surface area contributed by atoms with Gasteiger partial charge in [-0.15, -0.1) is 0 Å². The quantitative estimate of drug-likeness (QED) is 0.667. The van der Waals surface area contributed by atoms with Crippen molar-refractivity contribution in [1.29, 1.82) is 0 Å². The van der Waals surface area contributed by atoms with Gasteiger partial charge in [0.2, 0.25) is 0 Å². The van der Waals surface area contributed by atoms with Crippen LogP contribution in [0.15, 0.2) is 59.9 Å². The number of nitrogens with zero attached hydrogens (tertiary/aromatic N) is 1. The zero-order valence-electron chi connectivity index (χ0n) is 16.7. The molecule has 6 heteroatoms. The third-order valence-electron chi connectivity index (χ3n) is 4.20. The summed E-state index contributed by atoms with van der Waals surface area (Å²) < 4.78 is 0. The number of rotatable bonds is 6. The number of carbonyl (C=O) groups is 2. The molecule has 0 heterocycles. The maximum absolute atomic E-state index is 12.1. The Balaban J connectivity index is 0.00000136. The van der Waals surface area contributed by atoms with Gasteiger partial charge in [-0.05, 0) is 17.7 Å². The molecule has 0 spiro atoms. The lowest BCUT2D eigenvalue weighted by Gasteiger charge is -2.25. The van der Waals surface area contributed by atoms with Crippen LogP contribution >= 0.6 is 0 Å². The molecule has 6 nitrogen and oxygen atoms in total. The number of phenols is 1. The summed E-state index contributed by atoms with van der Waals surface area (Å²) in [7, 11) is 3.23. The first-order chi connectivity index (χ1) is 13.5. The molecule has 0 atom stereocenters. The molecule has 2 aromatic carbocycles.